The van der Waals surface area contributed by atoms with Crippen molar-refractivity contribution in [3.8, 4) is 0 Å². The monoisotopic (exact) mass is 357 g/mol. The maximum atomic E-state index is 12.5. The molecule has 1 heterocycles. The second-order valence-electron chi connectivity index (χ2n) is 9.06. The highest BCUT2D eigenvalue weighted by Gasteiger charge is 2.23. The number of nitrogens with one attached hydrogen (secondary N) is 1. The molecule has 0 aliphatic carbocycles. The Bertz CT molecular complexity index is 709. The van der Waals surface area contributed by atoms with E-state index in [-0.39, 0.29) is 22.8 Å². The van der Waals surface area contributed by atoms with E-state index in [0.29, 0.717) is 24.6 Å². The molecule has 1 amide bonds. The molecule has 2 aromatic rings. The lowest BCUT2D eigenvalue weighted by Crippen LogP contribution is -2.31. The van der Waals surface area contributed by atoms with Crippen LogP contribution in [-0.4, -0.2) is 16.0 Å². The molecule has 26 heavy (non-hydrogen) atoms. The Morgan fingerprint density at radius 1 is 1.12 bits per heavy atom. The van der Waals surface area contributed by atoms with E-state index in [1.807, 2.05) is 39.0 Å². The van der Waals surface area contributed by atoms with Gasteiger partial charge in [-0.1, -0.05) is 77.0 Å². The van der Waals surface area contributed by atoms with Gasteiger partial charge in [0.15, 0.2) is 5.82 Å². The van der Waals surface area contributed by atoms with E-state index in [0.717, 1.165) is 12.0 Å². The molecule has 5 nitrogen and oxygen atoms in total. The number of benzene rings is 1. The zero-order valence-electron chi connectivity index (χ0n) is 16.8. The molecule has 0 saturated heterocycles. The minimum atomic E-state index is -0.158. The Morgan fingerprint density at radius 2 is 1.77 bits per heavy atom. The Balaban J connectivity index is 1.98. The number of aromatic nitrogens is 2. The fraction of sp³-hybridized carbons (Fsp3) is 0.571. The van der Waals surface area contributed by atoms with Crippen molar-refractivity contribution in [2.45, 2.75) is 72.3 Å². The summed E-state index contributed by atoms with van der Waals surface area (Å²) in [6, 6.07) is 10.1. The molecule has 0 radical (unpaired) electrons. The number of nitrogens with zero attached hydrogens (tertiary/aromatic N) is 2. The standard InChI is InChI=1S/C21H31N3O2/c1-20(2,3)14-16(15-10-8-7-9-11-15)22-17(25)12-13-18-23-19(24-26-18)21(4,5)6/h7-11,16H,12-14H2,1-6H3,(H,22,25). The summed E-state index contributed by atoms with van der Waals surface area (Å²) < 4.78 is 5.27. The summed E-state index contributed by atoms with van der Waals surface area (Å²) in [7, 11) is 0. The van der Waals surface area contributed by atoms with Crippen LogP contribution in [0.3, 0.4) is 0 Å². The average Bonchev–Trinajstić information content (AvgIpc) is 3.01. The normalized spacial score (nSPS) is 13.5. The van der Waals surface area contributed by atoms with Gasteiger partial charge in [-0.2, -0.15) is 4.98 Å². The van der Waals surface area contributed by atoms with E-state index in [2.05, 4.69) is 48.4 Å². The highest BCUT2D eigenvalue weighted by Crippen LogP contribution is 2.29. The fourth-order valence-electron chi connectivity index (χ4n) is 2.70. The lowest BCUT2D eigenvalue weighted by molar-refractivity contribution is -0.122. The van der Waals surface area contributed by atoms with E-state index in [1.165, 1.54) is 0 Å². The third-order valence-corrected chi connectivity index (χ3v) is 4.06. The van der Waals surface area contributed by atoms with E-state index < -0.39 is 0 Å². The molecule has 142 valence electrons. The van der Waals surface area contributed by atoms with Crippen molar-refractivity contribution in [2.75, 3.05) is 0 Å². The molecular formula is C21H31N3O2. The number of hydrogen-bond donors (Lipinski definition) is 1. The van der Waals surface area contributed by atoms with Gasteiger partial charge in [0.1, 0.15) is 0 Å². The molecule has 1 N–H and O–H groups in total. The van der Waals surface area contributed by atoms with Gasteiger partial charge in [0, 0.05) is 18.3 Å². The van der Waals surface area contributed by atoms with Crippen LogP contribution in [0.1, 0.15) is 77.7 Å². The Hall–Kier alpha value is -2.17. The predicted octanol–water partition coefficient (Wildman–Crippen LogP) is 4.59. The van der Waals surface area contributed by atoms with Crippen molar-refractivity contribution in [1.29, 1.82) is 0 Å². The van der Waals surface area contributed by atoms with Crippen LogP contribution in [0.5, 0.6) is 0 Å². The minimum Gasteiger partial charge on any atom is -0.349 e. The molecule has 2 rings (SSSR count). The lowest BCUT2D eigenvalue weighted by Gasteiger charge is -2.27. The topological polar surface area (TPSA) is 68.0 Å². The molecule has 0 bridgehead atoms. The highest BCUT2D eigenvalue weighted by molar-refractivity contribution is 5.76. The maximum absolute atomic E-state index is 12.5. The van der Waals surface area contributed by atoms with E-state index in [4.69, 9.17) is 4.52 Å². The van der Waals surface area contributed by atoms with Crippen LogP contribution in [0.15, 0.2) is 34.9 Å². The van der Waals surface area contributed by atoms with Crippen LogP contribution >= 0.6 is 0 Å². The molecule has 0 spiro atoms. The molecule has 5 heteroatoms. The number of amides is 1. The first-order valence-corrected chi connectivity index (χ1v) is 9.22. The first-order valence-electron chi connectivity index (χ1n) is 9.22. The Labute approximate surface area is 156 Å². The summed E-state index contributed by atoms with van der Waals surface area (Å²) in [5, 5.41) is 7.17. The van der Waals surface area contributed by atoms with Crippen LogP contribution in [0.2, 0.25) is 0 Å². The summed E-state index contributed by atoms with van der Waals surface area (Å²) in [6.45, 7) is 12.6. The lowest BCUT2D eigenvalue weighted by atomic mass is 9.85. The third kappa shape index (κ3) is 6.28. The quantitative estimate of drug-likeness (QED) is 0.821. The molecule has 0 aliphatic rings. The highest BCUT2D eigenvalue weighted by atomic mass is 16.5. The van der Waals surface area contributed by atoms with Crippen molar-refractivity contribution < 1.29 is 9.32 Å². The molecular weight excluding hydrogens is 326 g/mol. The van der Waals surface area contributed by atoms with Crippen molar-refractivity contribution in [3.63, 3.8) is 0 Å². The van der Waals surface area contributed by atoms with Gasteiger partial charge in [0.05, 0.1) is 6.04 Å². The zero-order valence-corrected chi connectivity index (χ0v) is 16.8. The van der Waals surface area contributed by atoms with Crippen molar-refractivity contribution >= 4 is 5.91 Å². The van der Waals surface area contributed by atoms with E-state index >= 15 is 0 Å². The SMILES string of the molecule is CC(C)(C)CC(NC(=O)CCc1nc(C(C)(C)C)no1)c1ccccc1. The third-order valence-electron chi connectivity index (χ3n) is 4.06. The van der Waals surface area contributed by atoms with Crippen molar-refractivity contribution in [3.05, 3.63) is 47.6 Å². The van der Waals surface area contributed by atoms with Crippen molar-refractivity contribution in [2.24, 2.45) is 5.41 Å². The molecule has 1 atom stereocenters. The number of carbonyl (C=O) groups excluding carboxylic acids is 1. The van der Waals surface area contributed by atoms with Gasteiger partial charge in [-0.25, -0.2) is 0 Å². The van der Waals surface area contributed by atoms with Gasteiger partial charge < -0.3 is 9.84 Å². The molecule has 1 aromatic carbocycles. The average molecular weight is 357 g/mol. The summed E-state index contributed by atoms with van der Waals surface area (Å²) in [5.74, 6) is 1.18. The Morgan fingerprint density at radius 3 is 2.31 bits per heavy atom. The number of carbonyl (C=O) groups is 1. The molecule has 0 aliphatic heterocycles. The summed E-state index contributed by atoms with van der Waals surface area (Å²) >= 11 is 0. The zero-order chi connectivity index (χ0) is 19.4. The largest absolute Gasteiger partial charge is 0.349 e. The van der Waals surface area contributed by atoms with Gasteiger partial charge in [-0.15, -0.1) is 0 Å². The minimum absolute atomic E-state index is 0.00129. The second kappa shape index (κ2) is 8.02. The first kappa shape index (κ1) is 20.1. The van der Waals surface area contributed by atoms with Gasteiger partial charge in [0.25, 0.3) is 0 Å². The predicted molar refractivity (Wildman–Crippen MR) is 103 cm³/mol. The van der Waals surface area contributed by atoms with E-state index in [9.17, 15) is 4.79 Å². The molecule has 1 aromatic heterocycles. The number of rotatable bonds is 6. The maximum Gasteiger partial charge on any atom is 0.227 e. The number of hydrogen-bond acceptors (Lipinski definition) is 4. The number of aryl methyl sites for hydroxylation is 1. The summed E-state index contributed by atoms with van der Waals surface area (Å²) in [5.41, 5.74) is 1.08. The van der Waals surface area contributed by atoms with Crippen LogP contribution in [-0.2, 0) is 16.6 Å². The van der Waals surface area contributed by atoms with Gasteiger partial charge in [0.2, 0.25) is 11.8 Å². The van der Waals surface area contributed by atoms with E-state index in [1.54, 1.807) is 0 Å². The van der Waals surface area contributed by atoms with Crippen LogP contribution < -0.4 is 5.32 Å². The van der Waals surface area contributed by atoms with Gasteiger partial charge in [-0.3, -0.25) is 4.79 Å². The second-order valence-corrected chi connectivity index (χ2v) is 9.06. The van der Waals surface area contributed by atoms with Crippen LogP contribution in [0.25, 0.3) is 0 Å². The fourth-order valence-corrected chi connectivity index (χ4v) is 2.70. The summed E-state index contributed by atoms with van der Waals surface area (Å²) in [6.07, 6.45) is 1.66. The molecule has 1 unspecified atom stereocenters. The van der Waals surface area contributed by atoms with Crippen LogP contribution in [0.4, 0.5) is 0 Å². The smallest absolute Gasteiger partial charge is 0.227 e. The first-order chi connectivity index (χ1) is 12.0. The van der Waals surface area contributed by atoms with Crippen LogP contribution in [0, 0.1) is 5.41 Å². The van der Waals surface area contributed by atoms with Crippen molar-refractivity contribution in [1.82, 2.24) is 15.5 Å². The summed E-state index contributed by atoms with van der Waals surface area (Å²) in [4.78, 5) is 16.9. The van der Waals surface area contributed by atoms with Gasteiger partial charge in [-0.05, 0) is 17.4 Å². The molecule has 0 fully saturated rings. The van der Waals surface area contributed by atoms with Gasteiger partial charge >= 0.3 is 0 Å². The molecule has 0 saturated carbocycles. The Kier molecular flexibility index (Phi) is 6.21.